The number of ether oxygens (including phenoxy) is 4. The van der Waals surface area contributed by atoms with Gasteiger partial charge in [0.25, 0.3) is 0 Å². The van der Waals surface area contributed by atoms with Crippen LogP contribution in [-0.4, -0.2) is 36.2 Å². The number of aromatic hydroxyl groups is 1. The van der Waals surface area contributed by atoms with Crippen LogP contribution in [0.5, 0.6) is 23.0 Å². The van der Waals surface area contributed by atoms with Crippen LogP contribution in [0, 0.1) is 5.92 Å². The molecule has 2 aromatic carbocycles. The lowest BCUT2D eigenvalue weighted by atomic mass is 9.92. The molecule has 0 spiro atoms. The molecule has 2 atom stereocenters. The Morgan fingerprint density at radius 3 is 2.69 bits per heavy atom. The zero-order chi connectivity index (χ0) is 23.1. The SMILES string of the molecule is COc1ccc([C@@H](OC(=O)Nc2ccc3c(c2)OCO3)[C@@H](C)CC/C=C/C(=O)O)cc1O. The van der Waals surface area contributed by atoms with E-state index in [0.717, 1.165) is 6.08 Å². The van der Waals surface area contributed by atoms with E-state index in [0.29, 0.717) is 41.3 Å². The molecule has 170 valence electrons. The summed E-state index contributed by atoms with van der Waals surface area (Å²) in [6.07, 6.45) is 2.29. The maximum absolute atomic E-state index is 12.6. The Labute approximate surface area is 185 Å². The first kappa shape index (κ1) is 22.8. The van der Waals surface area contributed by atoms with E-state index in [4.69, 9.17) is 24.1 Å². The van der Waals surface area contributed by atoms with Gasteiger partial charge in [-0.3, -0.25) is 5.32 Å². The fraction of sp³-hybridized carbons (Fsp3) is 0.304. The Bertz CT molecular complexity index is 1000. The molecule has 32 heavy (non-hydrogen) atoms. The first-order valence-corrected chi connectivity index (χ1v) is 10.0. The molecule has 0 aromatic heterocycles. The molecule has 0 bridgehead atoms. The highest BCUT2D eigenvalue weighted by Gasteiger charge is 2.25. The summed E-state index contributed by atoms with van der Waals surface area (Å²) in [6.45, 7) is 2.01. The summed E-state index contributed by atoms with van der Waals surface area (Å²) in [4.78, 5) is 23.3. The maximum atomic E-state index is 12.6. The minimum atomic E-state index is -1.02. The van der Waals surface area contributed by atoms with Gasteiger partial charge in [-0.1, -0.05) is 19.1 Å². The lowest BCUT2D eigenvalue weighted by molar-refractivity contribution is -0.131. The number of carboxylic acid groups (broad SMARTS) is 1. The van der Waals surface area contributed by atoms with Crippen molar-refractivity contribution < 1.29 is 38.7 Å². The molecular formula is C23H25NO8. The number of anilines is 1. The van der Waals surface area contributed by atoms with Gasteiger partial charge in [0.05, 0.1) is 7.11 Å². The molecule has 0 aliphatic carbocycles. The standard InChI is InChI=1S/C23H25NO8/c1-14(5-3-4-6-21(26)27)22(15-7-9-18(29-2)17(25)11-15)32-23(28)24-16-8-10-19-20(12-16)31-13-30-19/h4,6-12,14,22,25H,3,5,13H2,1-2H3,(H,24,28)(H,26,27)/b6-4+/t14-,22-/m0/s1. The molecule has 0 radical (unpaired) electrons. The van der Waals surface area contributed by atoms with E-state index in [1.807, 2.05) is 6.92 Å². The monoisotopic (exact) mass is 443 g/mol. The topological polar surface area (TPSA) is 124 Å². The van der Waals surface area contributed by atoms with Gasteiger partial charge in [-0.15, -0.1) is 0 Å². The number of nitrogens with one attached hydrogen (secondary N) is 1. The van der Waals surface area contributed by atoms with Gasteiger partial charge in [0.15, 0.2) is 23.0 Å². The minimum Gasteiger partial charge on any atom is -0.504 e. The zero-order valence-electron chi connectivity index (χ0n) is 17.7. The zero-order valence-corrected chi connectivity index (χ0v) is 17.7. The second-order valence-corrected chi connectivity index (χ2v) is 7.25. The predicted octanol–water partition coefficient (Wildman–Crippen LogP) is 4.48. The van der Waals surface area contributed by atoms with Crippen LogP contribution in [0.25, 0.3) is 0 Å². The number of aliphatic carboxylic acids is 1. The molecule has 0 saturated carbocycles. The molecule has 0 unspecified atom stereocenters. The second kappa shape index (κ2) is 10.4. The number of carbonyl (C=O) groups is 2. The molecule has 3 rings (SSSR count). The van der Waals surface area contributed by atoms with Crippen molar-refractivity contribution in [2.75, 3.05) is 19.2 Å². The van der Waals surface area contributed by atoms with Crippen LogP contribution in [0.15, 0.2) is 48.6 Å². The van der Waals surface area contributed by atoms with Crippen molar-refractivity contribution in [3.05, 3.63) is 54.1 Å². The van der Waals surface area contributed by atoms with Gasteiger partial charge in [-0.2, -0.15) is 0 Å². The van der Waals surface area contributed by atoms with Crippen molar-refractivity contribution in [2.24, 2.45) is 5.92 Å². The summed E-state index contributed by atoms with van der Waals surface area (Å²) < 4.78 is 21.4. The molecule has 1 amide bonds. The fourth-order valence-electron chi connectivity index (χ4n) is 3.33. The quantitative estimate of drug-likeness (QED) is 0.485. The van der Waals surface area contributed by atoms with Crippen LogP contribution in [-0.2, 0) is 9.53 Å². The smallest absolute Gasteiger partial charge is 0.412 e. The number of carboxylic acids is 1. The van der Waals surface area contributed by atoms with E-state index >= 15 is 0 Å². The number of benzene rings is 2. The Hall–Kier alpha value is -3.88. The van der Waals surface area contributed by atoms with Crippen LogP contribution in [0.4, 0.5) is 10.5 Å². The summed E-state index contributed by atoms with van der Waals surface area (Å²) in [5.74, 6) is 0.149. The van der Waals surface area contributed by atoms with Crippen LogP contribution < -0.4 is 19.5 Å². The van der Waals surface area contributed by atoms with Gasteiger partial charge in [0.1, 0.15) is 6.10 Å². The number of fused-ring (bicyclic) bond motifs is 1. The average Bonchev–Trinajstić information content (AvgIpc) is 3.22. The first-order valence-electron chi connectivity index (χ1n) is 10.0. The molecule has 1 aliphatic heterocycles. The molecule has 1 heterocycles. The number of amides is 1. The van der Waals surface area contributed by atoms with E-state index in [1.54, 1.807) is 36.4 Å². The number of carbonyl (C=O) groups excluding carboxylic acids is 1. The fourth-order valence-corrected chi connectivity index (χ4v) is 3.33. The van der Waals surface area contributed by atoms with Gasteiger partial charge in [0.2, 0.25) is 6.79 Å². The molecule has 2 aromatic rings. The highest BCUT2D eigenvalue weighted by molar-refractivity contribution is 5.85. The van der Waals surface area contributed by atoms with Crippen molar-refractivity contribution >= 4 is 17.7 Å². The summed E-state index contributed by atoms with van der Waals surface area (Å²) in [5.41, 5.74) is 1.06. The Kier molecular flexibility index (Phi) is 7.43. The van der Waals surface area contributed by atoms with E-state index in [-0.39, 0.29) is 18.5 Å². The number of hydrogen-bond donors (Lipinski definition) is 3. The maximum Gasteiger partial charge on any atom is 0.412 e. The van der Waals surface area contributed by atoms with Gasteiger partial charge >= 0.3 is 12.1 Å². The highest BCUT2D eigenvalue weighted by Crippen LogP contribution is 2.36. The molecule has 3 N–H and O–H groups in total. The number of phenolic OH excluding ortho intramolecular Hbond substituents is 1. The largest absolute Gasteiger partial charge is 0.504 e. The summed E-state index contributed by atoms with van der Waals surface area (Å²) in [5, 5.41) is 21.6. The first-order chi connectivity index (χ1) is 15.4. The molecule has 0 fully saturated rings. The normalized spacial score (nSPS) is 14.1. The minimum absolute atomic E-state index is 0.0762. The average molecular weight is 443 g/mol. The Morgan fingerprint density at radius 1 is 1.19 bits per heavy atom. The van der Waals surface area contributed by atoms with Crippen molar-refractivity contribution in [1.29, 1.82) is 0 Å². The summed E-state index contributed by atoms with van der Waals surface area (Å²) in [6, 6.07) is 9.78. The number of hydrogen-bond acceptors (Lipinski definition) is 7. The van der Waals surface area contributed by atoms with Gasteiger partial charge in [-0.05, 0) is 48.6 Å². The van der Waals surface area contributed by atoms with Crippen molar-refractivity contribution in [2.45, 2.75) is 25.9 Å². The summed E-state index contributed by atoms with van der Waals surface area (Å²) >= 11 is 0. The van der Waals surface area contributed by atoms with Gasteiger partial charge in [-0.25, -0.2) is 9.59 Å². The Balaban J connectivity index is 1.74. The van der Waals surface area contributed by atoms with E-state index < -0.39 is 18.2 Å². The van der Waals surface area contributed by atoms with Crippen LogP contribution in [0.3, 0.4) is 0 Å². The lowest BCUT2D eigenvalue weighted by Crippen LogP contribution is -2.22. The van der Waals surface area contributed by atoms with Crippen LogP contribution in [0.1, 0.15) is 31.4 Å². The second-order valence-electron chi connectivity index (χ2n) is 7.25. The van der Waals surface area contributed by atoms with E-state index in [9.17, 15) is 14.7 Å². The van der Waals surface area contributed by atoms with Crippen molar-refractivity contribution in [1.82, 2.24) is 0 Å². The van der Waals surface area contributed by atoms with Crippen molar-refractivity contribution in [3.63, 3.8) is 0 Å². The van der Waals surface area contributed by atoms with E-state index in [2.05, 4.69) is 5.32 Å². The van der Waals surface area contributed by atoms with Gasteiger partial charge in [0, 0.05) is 17.8 Å². The third-order valence-electron chi connectivity index (χ3n) is 4.95. The van der Waals surface area contributed by atoms with Crippen LogP contribution >= 0.6 is 0 Å². The van der Waals surface area contributed by atoms with E-state index in [1.165, 1.54) is 13.2 Å². The highest BCUT2D eigenvalue weighted by atomic mass is 16.7. The number of phenols is 1. The lowest BCUT2D eigenvalue weighted by Gasteiger charge is -2.25. The number of methoxy groups -OCH3 is 1. The molecule has 0 saturated heterocycles. The number of allylic oxidation sites excluding steroid dienone is 1. The Morgan fingerprint density at radius 2 is 1.97 bits per heavy atom. The van der Waals surface area contributed by atoms with Crippen molar-refractivity contribution in [3.8, 4) is 23.0 Å². The molecule has 9 heteroatoms. The third kappa shape index (κ3) is 5.84. The molecule has 9 nitrogen and oxygen atoms in total. The van der Waals surface area contributed by atoms with Gasteiger partial charge < -0.3 is 29.2 Å². The molecular weight excluding hydrogens is 418 g/mol. The molecule has 1 aliphatic rings. The summed E-state index contributed by atoms with van der Waals surface area (Å²) in [7, 11) is 1.44. The predicted molar refractivity (Wildman–Crippen MR) is 115 cm³/mol. The van der Waals surface area contributed by atoms with Crippen LogP contribution in [0.2, 0.25) is 0 Å². The third-order valence-corrected chi connectivity index (χ3v) is 4.95. The number of rotatable bonds is 9.